The van der Waals surface area contributed by atoms with Crippen LogP contribution < -0.4 is 19.5 Å². The smallest absolute Gasteiger partial charge is 0.337 e. The third-order valence-electron chi connectivity index (χ3n) is 8.16. The Morgan fingerprint density at radius 1 is 0.872 bits per heavy atom. The lowest BCUT2D eigenvalue weighted by molar-refractivity contribution is -0.146. The zero-order valence-corrected chi connectivity index (χ0v) is 23.2. The maximum atomic E-state index is 13.9. The summed E-state index contributed by atoms with van der Waals surface area (Å²) in [5, 5.41) is 3.45. The van der Waals surface area contributed by atoms with Crippen LogP contribution >= 0.6 is 0 Å². The molecule has 1 N–H and O–H groups in total. The molecule has 39 heavy (non-hydrogen) atoms. The van der Waals surface area contributed by atoms with Gasteiger partial charge in [-0.2, -0.15) is 0 Å². The minimum Gasteiger partial charge on any atom is -0.493 e. The molecule has 1 aliphatic heterocycles. The van der Waals surface area contributed by atoms with E-state index < -0.39 is 5.92 Å². The first-order chi connectivity index (χ1) is 18.9. The first-order valence-electron chi connectivity index (χ1n) is 13.7. The molecule has 1 saturated carbocycles. The largest absolute Gasteiger partial charge is 0.493 e. The number of esters is 1. The van der Waals surface area contributed by atoms with E-state index in [1.54, 1.807) is 21.3 Å². The Morgan fingerprint density at radius 2 is 1.54 bits per heavy atom. The fourth-order valence-corrected chi connectivity index (χ4v) is 6.27. The predicted molar refractivity (Wildman–Crippen MR) is 148 cm³/mol. The highest BCUT2D eigenvalue weighted by molar-refractivity contribution is 6.04. The third-order valence-corrected chi connectivity index (χ3v) is 8.16. The summed E-state index contributed by atoms with van der Waals surface area (Å²) in [5.41, 5.74) is 4.48. The Kier molecular flexibility index (Phi) is 7.96. The topological polar surface area (TPSA) is 83.1 Å². The fourth-order valence-electron chi connectivity index (χ4n) is 6.27. The molecular formula is C32H37NO6. The quantitative estimate of drug-likeness (QED) is 0.442. The lowest BCUT2D eigenvalue weighted by Crippen LogP contribution is -2.37. The van der Waals surface area contributed by atoms with Crippen LogP contribution in [-0.2, 0) is 14.3 Å². The summed E-state index contributed by atoms with van der Waals surface area (Å²) in [4.78, 5) is 27.8. The van der Waals surface area contributed by atoms with Crippen LogP contribution in [-0.4, -0.2) is 39.2 Å². The number of ketones is 1. The Labute approximate surface area is 230 Å². The van der Waals surface area contributed by atoms with Crippen LogP contribution in [0.2, 0.25) is 0 Å². The lowest BCUT2D eigenvalue weighted by Gasteiger charge is -2.37. The molecule has 2 aromatic carbocycles. The molecule has 2 aromatic rings. The molecule has 3 aliphatic rings. The Bertz CT molecular complexity index is 1280. The second-order valence-corrected chi connectivity index (χ2v) is 10.6. The second-order valence-electron chi connectivity index (χ2n) is 10.6. The molecular weight excluding hydrogens is 494 g/mol. The molecule has 1 heterocycles. The van der Waals surface area contributed by atoms with Gasteiger partial charge in [0.2, 0.25) is 5.75 Å². The molecule has 0 aromatic heterocycles. The summed E-state index contributed by atoms with van der Waals surface area (Å²) < 4.78 is 22.9. The number of carbonyl (C=O) groups is 2. The van der Waals surface area contributed by atoms with Gasteiger partial charge in [0.25, 0.3) is 0 Å². The predicted octanol–water partition coefficient (Wildman–Crippen LogP) is 5.95. The van der Waals surface area contributed by atoms with Crippen molar-refractivity contribution in [2.75, 3.05) is 21.3 Å². The normalized spacial score (nSPS) is 21.7. The van der Waals surface area contributed by atoms with Gasteiger partial charge in [0.05, 0.1) is 26.9 Å². The van der Waals surface area contributed by atoms with E-state index in [-0.39, 0.29) is 23.8 Å². The van der Waals surface area contributed by atoms with Crippen LogP contribution in [0.5, 0.6) is 17.2 Å². The van der Waals surface area contributed by atoms with Crippen molar-refractivity contribution in [3.05, 3.63) is 76.1 Å². The molecule has 2 aliphatic carbocycles. The van der Waals surface area contributed by atoms with Gasteiger partial charge in [-0.25, -0.2) is 4.79 Å². The highest BCUT2D eigenvalue weighted by Crippen LogP contribution is 2.49. The fraction of sp³-hybridized carbons (Fsp3) is 0.438. The van der Waals surface area contributed by atoms with Gasteiger partial charge in [-0.05, 0) is 68.2 Å². The monoisotopic (exact) mass is 531 g/mol. The number of rotatable bonds is 7. The SMILES string of the molecule is COc1cc([C@H]2C(C(=O)OC3CCCCC3)=C(C)NC3=C2C(=O)C[C@H](c2ccccc2)C3)cc(OC)c1OC. The molecule has 0 bridgehead atoms. The van der Waals surface area contributed by atoms with Crippen molar-refractivity contribution in [1.82, 2.24) is 5.32 Å². The van der Waals surface area contributed by atoms with Crippen molar-refractivity contribution >= 4 is 11.8 Å². The Morgan fingerprint density at radius 3 is 2.15 bits per heavy atom. The van der Waals surface area contributed by atoms with Crippen LogP contribution in [0.4, 0.5) is 0 Å². The molecule has 0 amide bonds. The first kappa shape index (κ1) is 26.9. The van der Waals surface area contributed by atoms with Crippen molar-refractivity contribution in [2.45, 2.75) is 69.8 Å². The molecule has 0 unspecified atom stereocenters. The van der Waals surface area contributed by atoms with Gasteiger partial charge < -0.3 is 24.3 Å². The molecule has 0 radical (unpaired) electrons. The van der Waals surface area contributed by atoms with E-state index in [1.165, 1.54) is 6.42 Å². The van der Waals surface area contributed by atoms with E-state index in [1.807, 2.05) is 37.3 Å². The minimum absolute atomic E-state index is 0.0202. The average Bonchev–Trinajstić information content (AvgIpc) is 2.96. The zero-order valence-electron chi connectivity index (χ0n) is 23.2. The van der Waals surface area contributed by atoms with Crippen molar-refractivity contribution in [3.63, 3.8) is 0 Å². The standard InChI is InChI=1S/C32H37NO6/c1-19-28(32(35)39-23-13-9-6-10-14-23)29(22-17-26(36-2)31(38-4)27(18-22)37-3)30-24(33-19)15-21(16-25(30)34)20-11-7-5-8-12-20/h5,7-8,11-12,17-18,21,23,29,33H,6,9-10,13-16H2,1-4H3/t21-,29+/m1/s1. The highest BCUT2D eigenvalue weighted by atomic mass is 16.5. The summed E-state index contributed by atoms with van der Waals surface area (Å²) in [6, 6.07) is 13.8. The van der Waals surface area contributed by atoms with Gasteiger partial charge in [0, 0.05) is 29.3 Å². The summed E-state index contributed by atoms with van der Waals surface area (Å²) in [6.45, 7) is 1.89. The third kappa shape index (κ3) is 5.27. The number of ether oxygens (including phenoxy) is 4. The Hall–Kier alpha value is -3.74. The number of hydrogen-bond acceptors (Lipinski definition) is 7. The first-order valence-corrected chi connectivity index (χ1v) is 13.7. The number of hydrogen-bond donors (Lipinski definition) is 1. The van der Waals surface area contributed by atoms with Gasteiger partial charge in [0.1, 0.15) is 6.10 Å². The molecule has 2 atom stereocenters. The maximum Gasteiger partial charge on any atom is 0.337 e. The summed E-state index contributed by atoms with van der Waals surface area (Å²) in [7, 11) is 4.67. The van der Waals surface area contributed by atoms with Crippen LogP contribution in [0.3, 0.4) is 0 Å². The second kappa shape index (κ2) is 11.6. The molecule has 1 fully saturated rings. The average molecular weight is 532 g/mol. The molecule has 0 saturated heterocycles. The number of carbonyl (C=O) groups excluding carboxylic acids is 2. The summed E-state index contributed by atoms with van der Waals surface area (Å²) in [5.74, 6) is 0.482. The number of allylic oxidation sites excluding steroid dienone is 3. The van der Waals surface area contributed by atoms with Gasteiger partial charge >= 0.3 is 5.97 Å². The number of methoxy groups -OCH3 is 3. The van der Waals surface area contributed by atoms with Gasteiger partial charge in [-0.15, -0.1) is 0 Å². The van der Waals surface area contributed by atoms with E-state index in [4.69, 9.17) is 18.9 Å². The van der Waals surface area contributed by atoms with Crippen LogP contribution in [0.1, 0.15) is 74.8 Å². The van der Waals surface area contributed by atoms with Crippen molar-refractivity contribution in [1.29, 1.82) is 0 Å². The molecule has 5 rings (SSSR count). The van der Waals surface area contributed by atoms with E-state index in [2.05, 4.69) is 17.4 Å². The van der Waals surface area contributed by atoms with E-state index in [9.17, 15) is 9.59 Å². The van der Waals surface area contributed by atoms with Crippen molar-refractivity contribution in [3.8, 4) is 17.2 Å². The van der Waals surface area contributed by atoms with Crippen LogP contribution in [0, 0.1) is 0 Å². The van der Waals surface area contributed by atoms with Gasteiger partial charge in [-0.1, -0.05) is 36.8 Å². The number of Topliss-reactive ketones (excluding diaryl/α,β-unsaturated/α-hetero) is 1. The Balaban J connectivity index is 1.61. The number of dihydropyridines is 1. The van der Waals surface area contributed by atoms with Crippen LogP contribution in [0.25, 0.3) is 0 Å². The molecule has 0 spiro atoms. The number of nitrogens with one attached hydrogen (secondary N) is 1. The van der Waals surface area contributed by atoms with Crippen molar-refractivity contribution in [2.24, 2.45) is 0 Å². The van der Waals surface area contributed by atoms with Gasteiger partial charge in [-0.3, -0.25) is 4.79 Å². The van der Waals surface area contributed by atoms with Crippen LogP contribution in [0.15, 0.2) is 65.0 Å². The number of benzene rings is 2. The van der Waals surface area contributed by atoms with E-state index >= 15 is 0 Å². The summed E-state index contributed by atoms with van der Waals surface area (Å²) >= 11 is 0. The minimum atomic E-state index is -0.615. The lowest BCUT2D eigenvalue weighted by atomic mass is 9.71. The van der Waals surface area contributed by atoms with E-state index in [0.29, 0.717) is 46.9 Å². The van der Waals surface area contributed by atoms with E-state index in [0.717, 1.165) is 42.5 Å². The molecule has 7 heteroatoms. The zero-order chi connectivity index (χ0) is 27.5. The molecule has 206 valence electrons. The highest BCUT2D eigenvalue weighted by Gasteiger charge is 2.42. The van der Waals surface area contributed by atoms with Gasteiger partial charge in [0.15, 0.2) is 17.3 Å². The van der Waals surface area contributed by atoms with Crippen molar-refractivity contribution < 1.29 is 28.5 Å². The molecule has 7 nitrogen and oxygen atoms in total. The summed E-state index contributed by atoms with van der Waals surface area (Å²) in [6.07, 6.45) is 5.95. The maximum absolute atomic E-state index is 13.9.